The van der Waals surface area contributed by atoms with E-state index in [0.717, 1.165) is 6.42 Å². The molecule has 1 aromatic heterocycles. The minimum absolute atomic E-state index is 0.0170. The number of hydrogen-bond donors (Lipinski definition) is 2. The van der Waals surface area contributed by atoms with Crippen molar-refractivity contribution in [1.29, 1.82) is 0 Å². The largest absolute Gasteiger partial charge is 0.356 e. The number of pyridine rings is 1. The predicted octanol–water partition coefficient (Wildman–Crippen LogP) is 0.930. The number of nitrogens with one attached hydrogen (secondary N) is 2. The van der Waals surface area contributed by atoms with Gasteiger partial charge in [-0.1, -0.05) is 18.5 Å². The van der Waals surface area contributed by atoms with Crippen molar-refractivity contribution >= 4 is 27.5 Å². The Labute approximate surface area is 117 Å². The highest BCUT2D eigenvalue weighted by Gasteiger charge is 2.17. The topological polar surface area (TPSA) is 88.2 Å². The van der Waals surface area contributed by atoms with Gasteiger partial charge < -0.3 is 5.32 Å². The van der Waals surface area contributed by atoms with E-state index in [9.17, 15) is 13.2 Å². The molecule has 0 spiro atoms. The van der Waals surface area contributed by atoms with Crippen molar-refractivity contribution < 1.29 is 13.2 Å². The van der Waals surface area contributed by atoms with Crippen LogP contribution in [0.15, 0.2) is 23.4 Å². The van der Waals surface area contributed by atoms with Crippen LogP contribution in [0.1, 0.15) is 19.8 Å². The molecule has 0 atom stereocenters. The molecule has 1 heterocycles. The van der Waals surface area contributed by atoms with Crippen LogP contribution in [0.25, 0.3) is 0 Å². The lowest BCUT2D eigenvalue weighted by Crippen LogP contribution is -2.31. The molecule has 0 aliphatic rings. The summed E-state index contributed by atoms with van der Waals surface area (Å²) in [4.78, 5) is 14.9. The number of sulfonamides is 1. The molecule has 2 N–H and O–H groups in total. The Hall–Kier alpha value is -1.18. The lowest BCUT2D eigenvalue weighted by atomic mass is 10.4. The van der Waals surface area contributed by atoms with E-state index >= 15 is 0 Å². The second-order valence-corrected chi connectivity index (χ2v) is 5.95. The highest BCUT2D eigenvalue weighted by atomic mass is 35.5. The maximum absolute atomic E-state index is 11.9. The van der Waals surface area contributed by atoms with Gasteiger partial charge in [0.1, 0.15) is 4.90 Å². The van der Waals surface area contributed by atoms with Gasteiger partial charge in [0.25, 0.3) is 0 Å². The summed E-state index contributed by atoms with van der Waals surface area (Å²) in [5.41, 5.74) is 0. The fraction of sp³-hybridized carbons (Fsp3) is 0.455. The van der Waals surface area contributed by atoms with E-state index in [1.165, 1.54) is 18.5 Å². The van der Waals surface area contributed by atoms with Gasteiger partial charge in [0.05, 0.1) is 5.02 Å². The molecule has 1 rings (SSSR count). The molecule has 106 valence electrons. The number of rotatable bonds is 7. The third-order valence-corrected chi connectivity index (χ3v) is 4.17. The molecule has 0 unspecified atom stereocenters. The van der Waals surface area contributed by atoms with E-state index in [0.29, 0.717) is 6.54 Å². The second kappa shape index (κ2) is 7.42. The van der Waals surface area contributed by atoms with Crippen LogP contribution in [0.5, 0.6) is 0 Å². The quantitative estimate of drug-likeness (QED) is 0.784. The average molecular weight is 306 g/mol. The molecule has 0 saturated carbocycles. The molecule has 6 nitrogen and oxygen atoms in total. The summed E-state index contributed by atoms with van der Waals surface area (Å²) >= 11 is 5.78. The first kappa shape index (κ1) is 15.9. The Bertz CT molecular complexity index is 534. The zero-order chi connectivity index (χ0) is 14.3. The lowest BCUT2D eigenvalue weighted by molar-refractivity contribution is -0.120. The molecule has 0 bridgehead atoms. The first-order valence-electron chi connectivity index (χ1n) is 5.83. The van der Waals surface area contributed by atoms with E-state index in [1.54, 1.807) is 0 Å². The maximum atomic E-state index is 11.9. The number of halogens is 1. The fourth-order valence-electron chi connectivity index (χ4n) is 1.29. The van der Waals surface area contributed by atoms with Gasteiger partial charge in [-0.15, -0.1) is 0 Å². The van der Waals surface area contributed by atoms with Crippen molar-refractivity contribution in [3.63, 3.8) is 0 Å². The molecule has 0 fully saturated rings. The number of amides is 1. The summed E-state index contributed by atoms with van der Waals surface area (Å²) < 4.78 is 26.1. The second-order valence-electron chi connectivity index (χ2n) is 3.80. The van der Waals surface area contributed by atoms with Gasteiger partial charge in [-0.05, 0) is 12.5 Å². The van der Waals surface area contributed by atoms with Gasteiger partial charge in [0.15, 0.2) is 0 Å². The Kier molecular flexibility index (Phi) is 6.20. The number of hydrogen-bond acceptors (Lipinski definition) is 4. The van der Waals surface area contributed by atoms with Crippen LogP contribution in [-0.4, -0.2) is 32.4 Å². The van der Waals surface area contributed by atoms with Gasteiger partial charge in [-0.25, -0.2) is 13.1 Å². The van der Waals surface area contributed by atoms with Crippen molar-refractivity contribution in [1.82, 2.24) is 15.0 Å². The highest BCUT2D eigenvalue weighted by molar-refractivity contribution is 7.89. The zero-order valence-corrected chi connectivity index (χ0v) is 12.1. The molecule has 1 aromatic rings. The molecule has 0 aliphatic heterocycles. The fourth-order valence-corrected chi connectivity index (χ4v) is 2.75. The maximum Gasteiger partial charge on any atom is 0.243 e. The number of aromatic nitrogens is 1. The smallest absolute Gasteiger partial charge is 0.243 e. The minimum atomic E-state index is -3.73. The Morgan fingerprint density at radius 1 is 1.42 bits per heavy atom. The molecule has 1 amide bonds. The van der Waals surface area contributed by atoms with Crippen molar-refractivity contribution in [2.45, 2.75) is 24.7 Å². The normalized spacial score (nSPS) is 11.3. The van der Waals surface area contributed by atoms with Crippen molar-refractivity contribution in [2.24, 2.45) is 0 Å². The summed E-state index contributed by atoms with van der Waals surface area (Å²) in [7, 11) is -3.73. The standard InChI is InChI=1S/C11H16ClN3O3S/c1-2-5-14-11(16)4-7-15-19(17,18)10-8-13-6-3-9(10)12/h3,6,8,15H,2,4-5,7H2,1H3,(H,14,16). The van der Waals surface area contributed by atoms with Crippen LogP contribution in [0.2, 0.25) is 5.02 Å². The van der Waals surface area contributed by atoms with Crippen LogP contribution < -0.4 is 10.0 Å². The van der Waals surface area contributed by atoms with E-state index < -0.39 is 10.0 Å². The van der Waals surface area contributed by atoms with Crippen molar-refractivity contribution in [2.75, 3.05) is 13.1 Å². The van der Waals surface area contributed by atoms with Crippen LogP contribution in [0.4, 0.5) is 0 Å². The molecule has 0 saturated heterocycles. The zero-order valence-electron chi connectivity index (χ0n) is 10.5. The monoisotopic (exact) mass is 305 g/mol. The minimum Gasteiger partial charge on any atom is -0.356 e. The van der Waals surface area contributed by atoms with Crippen LogP contribution in [0.3, 0.4) is 0 Å². The summed E-state index contributed by atoms with van der Waals surface area (Å²) in [5.74, 6) is -0.193. The lowest BCUT2D eigenvalue weighted by Gasteiger charge is -2.07. The summed E-state index contributed by atoms with van der Waals surface area (Å²) in [5, 5.41) is 2.75. The van der Waals surface area contributed by atoms with Gasteiger partial charge in [-0.2, -0.15) is 0 Å². The van der Waals surface area contributed by atoms with Crippen molar-refractivity contribution in [3.05, 3.63) is 23.5 Å². The van der Waals surface area contributed by atoms with E-state index in [1.807, 2.05) is 6.92 Å². The van der Waals surface area contributed by atoms with Gasteiger partial charge in [0.2, 0.25) is 15.9 Å². The predicted molar refractivity (Wildman–Crippen MR) is 72.4 cm³/mol. The van der Waals surface area contributed by atoms with Gasteiger partial charge >= 0.3 is 0 Å². The molecule has 0 aliphatic carbocycles. The first-order valence-corrected chi connectivity index (χ1v) is 7.69. The van der Waals surface area contributed by atoms with E-state index in [4.69, 9.17) is 11.6 Å². The average Bonchev–Trinajstić information content (AvgIpc) is 2.36. The van der Waals surface area contributed by atoms with Crippen LogP contribution in [-0.2, 0) is 14.8 Å². The third kappa shape index (κ3) is 5.14. The number of nitrogens with zero attached hydrogens (tertiary/aromatic N) is 1. The highest BCUT2D eigenvalue weighted by Crippen LogP contribution is 2.18. The number of carbonyl (C=O) groups excluding carboxylic acids is 1. The molecule has 0 radical (unpaired) electrons. The summed E-state index contributed by atoms with van der Waals surface area (Å²) in [6, 6.07) is 1.39. The molecule has 8 heteroatoms. The molecular weight excluding hydrogens is 290 g/mol. The van der Waals surface area contributed by atoms with Crippen LogP contribution in [0, 0.1) is 0 Å². The van der Waals surface area contributed by atoms with E-state index in [2.05, 4.69) is 15.0 Å². The molecular formula is C11H16ClN3O3S. The third-order valence-electron chi connectivity index (χ3n) is 2.24. The summed E-state index contributed by atoms with van der Waals surface area (Å²) in [6.07, 6.45) is 3.49. The summed E-state index contributed by atoms with van der Waals surface area (Å²) in [6.45, 7) is 2.54. The van der Waals surface area contributed by atoms with E-state index in [-0.39, 0.29) is 28.8 Å². The SMILES string of the molecule is CCCNC(=O)CCNS(=O)(=O)c1cnccc1Cl. The Morgan fingerprint density at radius 3 is 2.79 bits per heavy atom. The van der Waals surface area contributed by atoms with Gasteiger partial charge in [-0.3, -0.25) is 9.78 Å². The Balaban J connectivity index is 2.53. The van der Waals surface area contributed by atoms with Crippen LogP contribution >= 0.6 is 11.6 Å². The first-order chi connectivity index (χ1) is 8.97. The van der Waals surface area contributed by atoms with Crippen molar-refractivity contribution in [3.8, 4) is 0 Å². The molecule has 19 heavy (non-hydrogen) atoms. The van der Waals surface area contributed by atoms with Gasteiger partial charge in [0, 0.05) is 31.9 Å². The Morgan fingerprint density at radius 2 is 2.16 bits per heavy atom. The number of carbonyl (C=O) groups is 1. The molecule has 0 aromatic carbocycles.